The molecular formula is C52H32. The first-order valence-electron chi connectivity index (χ1n) is 18.1. The molecule has 0 saturated heterocycles. The molecule has 0 nitrogen and oxygen atoms in total. The molecule has 0 radical (unpaired) electrons. The van der Waals surface area contributed by atoms with Crippen molar-refractivity contribution < 1.29 is 0 Å². The molecule has 0 amide bonds. The highest BCUT2D eigenvalue weighted by molar-refractivity contribution is 6.33. The van der Waals surface area contributed by atoms with Gasteiger partial charge in [-0.05, 0) is 121 Å². The lowest BCUT2D eigenvalue weighted by Gasteiger charge is -2.23. The number of benzene rings is 11. The van der Waals surface area contributed by atoms with Crippen molar-refractivity contribution in [2.24, 2.45) is 0 Å². The average Bonchev–Trinajstić information content (AvgIpc) is 3.21. The van der Waals surface area contributed by atoms with Crippen LogP contribution in [0, 0.1) is 0 Å². The highest BCUT2D eigenvalue weighted by atomic mass is 14.3. The van der Waals surface area contributed by atoms with E-state index in [1.54, 1.807) is 0 Å². The van der Waals surface area contributed by atoms with Gasteiger partial charge in [-0.2, -0.15) is 0 Å². The Balaban J connectivity index is 1.34. The van der Waals surface area contributed by atoms with Crippen molar-refractivity contribution in [1.29, 1.82) is 0 Å². The van der Waals surface area contributed by atoms with Crippen LogP contribution >= 0.6 is 0 Å². The van der Waals surface area contributed by atoms with E-state index >= 15 is 0 Å². The molecule has 11 rings (SSSR count). The van der Waals surface area contributed by atoms with Crippen LogP contribution in [0.5, 0.6) is 0 Å². The maximum atomic E-state index is 2.37. The van der Waals surface area contributed by atoms with Gasteiger partial charge in [-0.25, -0.2) is 0 Å². The fourth-order valence-electron chi connectivity index (χ4n) is 8.92. The Morgan fingerprint density at radius 1 is 0.192 bits per heavy atom. The quantitative estimate of drug-likeness (QED) is 0.131. The number of hydrogen-bond donors (Lipinski definition) is 0. The normalized spacial score (nSPS) is 11.8. The summed E-state index contributed by atoms with van der Waals surface area (Å²) >= 11 is 0. The lowest BCUT2D eigenvalue weighted by molar-refractivity contribution is 1.69. The highest BCUT2D eigenvalue weighted by Gasteiger charge is 2.23. The lowest BCUT2D eigenvalue weighted by atomic mass is 9.80. The van der Waals surface area contributed by atoms with Crippen LogP contribution in [-0.2, 0) is 0 Å². The lowest BCUT2D eigenvalue weighted by Crippen LogP contribution is -1.95. The Hall–Kier alpha value is -6.76. The zero-order valence-electron chi connectivity index (χ0n) is 28.5. The number of fused-ring (bicyclic) bond motifs is 8. The third kappa shape index (κ3) is 4.28. The summed E-state index contributed by atoms with van der Waals surface area (Å²) in [6, 6.07) is 72.0. The van der Waals surface area contributed by atoms with E-state index in [2.05, 4.69) is 194 Å². The molecule has 240 valence electrons. The molecule has 11 aromatic rings. The van der Waals surface area contributed by atoms with Crippen LogP contribution in [0.15, 0.2) is 194 Å². The number of rotatable bonds is 3. The molecule has 0 bridgehead atoms. The molecule has 0 aliphatic carbocycles. The van der Waals surface area contributed by atoms with Crippen LogP contribution in [0.25, 0.3) is 109 Å². The molecule has 0 aliphatic rings. The van der Waals surface area contributed by atoms with Gasteiger partial charge in [-0.15, -0.1) is 0 Å². The molecule has 11 aromatic carbocycles. The molecule has 0 heterocycles. The molecule has 0 saturated carbocycles. The van der Waals surface area contributed by atoms with Gasteiger partial charge in [0.15, 0.2) is 0 Å². The average molecular weight is 657 g/mol. The number of hydrogen-bond acceptors (Lipinski definition) is 0. The van der Waals surface area contributed by atoms with Crippen LogP contribution < -0.4 is 0 Å². The molecule has 52 heavy (non-hydrogen) atoms. The van der Waals surface area contributed by atoms with Crippen molar-refractivity contribution in [1.82, 2.24) is 0 Å². The van der Waals surface area contributed by atoms with Gasteiger partial charge in [0.2, 0.25) is 0 Å². The third-order valence-corrected chi connectivity index (χ3v) is 11.2. The van der Waals surface area contributed by atoms with E-state index in [1.807, 2.05) is 0 Å². The maximum absolute atomic E-state index is 2.37. The van der Waals surface area contributed by atoms with Crippen molar-refractivity contribution in [3.8, 4) is 33.4 Å². The molecule has 0 fully saturated rings. The van der Waals surface area contributed by atoms with Crippen LogP contribution in [0.4, 0.5) is 0 Å². The molecular weight excluding hydrogens is 625 g/mol. The van der Waals surface area contributed by atoms with E-state index in [4.69, 9.17) is 0 Å². The minimum atomic E-state index is 1.24. The van der Waals surface area contributed by atoms with Crippen LogP contribution in [0.3, 0.4) is 0 Å². The van der Waals surface area contributed by atoms with Gasteiger partial charge in [0.25, 0.3) is 0 Å². The largest absolute Gasteiger partial charge is 0.0616 e. The van der Waals surface area contributed by atoms with E-state index in [9.17, 15) is 0 Å². The summed E-state index contributed by atoms with van der Waals surface area (Å²) in [5.74, 6) is 0. The molecule has 0 aromatic heterocycles. The Morgan fingerprint density at radius 3 is 1.04 bits per heavy atom. The van der Waals surface area contributed by atoms with Gasteiger partial charge in [-0.3, -0.25) is 0 Å². The van der Waals surface area contributed by atoms with Crippen molar-refractivity contribution >= 4 is 75.4 Å². The second kappa shape index (κ2) is 11.4. The Labute approximate surface area is 301 Å². The van der Waals surface area contributed by atoms with E-state index in [0.717, 1.165) is 0 Å². The second-order valence-electron chi connectivity index (χ2n) is 14.0. The molecule has 0 N–H and O–H groups in total. The van der Waals surface area contributed by atoms with Gasteiger partial charge in [0.1, 0.15) is 0 Å². The Kier molecular flexibility index (Phi) is 6.35. The van der Waals surface area contributed by atoms with Crippen LogP contribution in [0.1, 0.15) is 0 Å². The Bertz CT molecular complexity index is 3180. The van der Waals surface area contributed by atoms with Gasteiger partial charge >= 0.3 is 0 Å². The first-order chi connectivity index (χ1) is 25.8. The standard InChI is InChI=1S/C52H32/c1-3-16-36-31-38(27-25-33(36)13-1)48-41-19-7-10-22-44(41)51(45-23-11-8-20-42(45)48)52-46-24-12-9-21-43(46)49(39-28-26-34-14-2-4-17-37(34)32-39)47-30-29-35-15-5-6-18-40(35)50(47)52/h1-32H. The summed E-state index contributed by atoms with van der Waals surface area (Å²) in [6.45, 7) is 0. The summed E-state index contributed by atoms with van der Waals surface area (Å²) < 4.78 is 0. The summed E-state index contributed by atoms with van der Waals surface area (Å²) in [5.41, 5.74) is 7.63. The minimum absolute atomic E-state index is 1.24. The van der Waals surface area contributed by atoms with Crippen LogP contribution in [0.2, 0.25) is 0 Å². The van der Waals surface area contributed by atoms with E-state index in [0.29, 0.717) is 0 Å². The summed E-state index contributed by atoms with van der Waals surface area (Å²) in [6.07, 6.45) is 0. The predicted molar refractivity (Wildman–Crippen MR) is 225 cm³/mol. The van der Waals surface area contributed by atoms with Crippen molar-refractivity contribution in [3.63, 3.8) is 0 Å². The van der Waals surface area contributed by atoms with E-state index in [-0.39, 0.29) is 0 Å². The van der Waals surface area contributed by atoms with E-state index < -0.39 is 0 Å². The molecule has 0 aliphatic heterocycles. The first kappa shape index (κ1) is 29.0. The zero-order valence-corrected chi connectivity index (χ0v) is 28.5. The van der Waals surface area contributed by atoms with Crippen molar-refractivity contribution in [3.05, 3.63) is 194 Å². The monoisotopic (exact) mass is 656 g/mol. The topological polar surface area (TPSA) is 0 Å². The van der Waals surface area contributed by atoms with Crippen molar-refractivity contribution in [2.75, 3.05) is 0 Å². The fraction of sp³-hybridized carbons (Fsp3) is 0. The summed E-state index contributed by atoms with van der Waals surface area (Å²) in [5, 5.41) is 17.7. The van der Waals surface area contributed by atoms with Gasteiger partial charge < -0.3 is 0 Å². The van der Waals surface area contributed by atoms with Gasteiger partial charge in [-0.1, -0.05) is 182 Å². The van der Waals surface area contributed by atoms with Gasteiger partial charge in [0.05, 0.1) is 0 Å². The first-order valence-corrected chi connectivity index (χ1v) is 18.1. The SMILES string of the molecule is c1ccc2cc(-c3c4ccccc4c(-c4c5ccccc5c(-c5ccc6ccccc6c5)c5ccc6ccccc6c45)c4ccccc34)ccc2c1. The summed E-state index contributed by atoms with van der Waals surface area (Å²) in [4.78, 5) is 0. The van der Waals surface area contributed by atoms with Gasteiger partial charge in [0, 0.05) is 0 Å². The van der Waals surface area contributed by atoms with E-state index in [1.165, 1.54) is 109 Å². The molecule has 0 heteroatoms. The molecule has 0 atom stereocenters. The minimum Gasteiger partial charge on any atom is -0.0616 e. The molecule has 0 spiro atoms. The highest BCUT2D eigenvalue weighted by Crippen LogP contribution is 2.51. The summed E-state index contributed by atoms with van der Waals surface area (Å²) in [7, 11) is 0. The smallest absolute Gasteiger partial charge is 0.000763 e. The Morgan fingerprint density at radius 2 is 0.538 bits per heavy atom. The second-order valence-corrected chi connectivity index (χ2v) is 14.0. The maximum Gasteiger partial charge on any atom is -0.000763 e. The van der Waals surface area contributed by atoms with Crippen molar-refractivity contribution in [2.45, 2.75) is 0 Å². The van der Waals surface area contributed by atoms with Crippen LogP contribution in [-0.4, -0.2) is 0 Å². The molecule has 0 unspecified atom stereocenters. The fourth-order valence-corrected chi connectivity index (χ4v) is 8.92. The third-order valence-electron chi connectivity index (χ3n) is 11.2. The zero-order chi connectivity index (χ0) is 34.2. The predicted octanol–water partition coefficient (Wildman–Crippen LogP) is 14.8.